The van der Waals surface area contributed by atoms with Crippen molar-refractivity contribution in [3.63, 3.8) is 0 Å². The summed E-state index contributed by atoms with van der Waals surface area (Å²) in [5, 5.41) is 2.59. The predicted octanol–water partition coefficient (Wildman–Crippen LogP) is 1.31. The number of nitrogens with zero attached hydrogens (tertiary/aromatic N) is 1. The molecule has 1 rings (SSSR count). The van der Waals surface area contributed by atoms with Gasteiger partial charge in [0, 0.05) is 6.20 Å². The Labute approximate surface area is 119 Å². The number of aryl methyl sites for hydroxylation is 1. The van der Waals surface area contributed by atoms with Gasteiger partial charge in [0.1, 0.15) is 5.69 Å². The molecule has 0 bridgehead atoms. The highest BCUT2D eigenvalue weighted by Gasteiger charge is 1.99. The fourth-order valence-electron chi connectivity index (χ4n) is 0.805. The SMILES string of the molecule is C#C.CC.CNCC(N)=O.Cc1cnc(C=O)c(F)c1. The summed E-state index contributed by atoms with van der Waals surface area (Å²) in [6.07, 6.45) is 9.85. The number of terminal acetylenes is 1. The maximum Gasteiger partial charge on any atom is 0.231 e. The van der Waals surface area contributed by atoms with Crippen molar-refractivity contribution in [2.75, 3.05) is 13.6 Å². The molecule has 1 aromatic heterocycles. The van der Waals surface area contributed by atoms with Crippen molar-refractivity contribution in [3.05, 3.63) is 29.3 Å². The lowest BCUT2D eigenvalue weighted by Crippen LogP contribution is -2.25. The number of amides is 1. The number of nitrogens with two attached hydrogens (primary N) is 1. The van der Waals surface area contributed by atoms with Crippen LogP contribution in [0.1, 0.15) is 29.9 Å². The van der Waals surface area contributed by atoms with Gasteiger partial charge in [-0.15, -0.1) is 12.8 Å². The van der Waals surface area contributed by atoms with Crippen molar-refractivity contribution in [1.29, 1.82) is 0 Å². The average molecular weight is 283 g/mol. The topological polar surface area (TPSA) is 85.1 Å². The van der Waals surface area contributed by atoms with E-state index >= 15 is 0 Å². The number of hydrogen-bond donors (Lipinski definition) is 2. The molecule has 0 unspecified atom stereocenters. The molecule has 0 saturated heterocycles. The van der Waals surface area contributed by atoms with E-state index in [2.05, 4.69) is 23.1 Å². The van der Waals surface area contributed by atoms with E-state index in [9.17, 15) is 14.0 Å². The van der Waals surface area contributed by atoms with Crippen LogP contribution in [0.15, 0.2) is 12.3 Å². The number of rotatable bonds is 3. The second-order valence-corrected chi connectivity index (χ2v) is 2.99. The van der Waals surface area contributed by atoms with Gasteiger partial charge in [0.25, 0.3) is 0 Å². The third-order valence-corrected chi connectivity index (χ3v) is 1.47. The number of likely N-dealkylation sites (N-methyl/N-ethyl adjacent to an activating group) is 1. The molecule has 0 radical (unpaired) electrons. The summed E-state index contributed by atoms with van der Waals surface area (Å²) in [4.78, 5) is 23.3. The van der Waals surface area contributed by atoms with Crippen LogP contribution in [-0.2, 0) is 4.79 Å². The van der Waals surface area contributed by atoms with Crippen molar-refractivity contribution in [1.82, 2.24) is 10.3 Å². The molecular formula is C14H22FN3O2. The maximum atomic E-state index is 12.6. The van der Waals surface area contributed by atoms with Crippen LogP contribution in [0.3, 0.4) is 0 Å². The summed E-state index contributed by atoms with van der Waals surface area (Å²) < 4.78 is 12.6. The lowest BCUT2D eigenvalue weighted by Gasteiger charge is -1.93. The van der Waals surface area contributed by atoms with E-state index in [-0.39, 0.29) is 18.1 Å². The smallest absolute Gasteiger partial charge is 0.231 e. The largest absolute Gasteiger partial charge is 0.369 e. The van der Waals surface area contributed by atoms with Gasteiger partial charge in [0.15, 0.2) is 12.1 Å². The zero-order chi connectivity index (χ0) is 16.6. The third kappa shape index (κ3) is 13.8. The van der Waals surface area contributed by atoms with E-state index in [1.54, 1.807) is 14.0 Å². The standard InChI is InChI=1S/C7H6FNO.C3H8N2O.C2H6.C2H2/c1-5-2-6(8)7(4-10)9-3-5;1-5-2-3(4)6;2*1-2/h2-4H,1H3;5H,2H2,1H3,(H2,4,6);1-2H3;1-2H. The van der Waals surface area contributed by atoms with Crippen LogP contribution in [-0.4, -0.2) is 30.8 Å². The van der Waals surface area contributed by atoms with Gasteiger partial charge in [-0.2, -0.15) is 0 Å². The van der Waals surface area contributed by atoms with Crippen molar-refractivity contribution in [2.45, 2.75) is 20.8 Å². The molecule has 1 heterocycles. The van der Waals surface area contributed by atoms with Crippen molar-refractivity contribution >= 4 is 12.2 Å². The Morgan fingerprint density at radius 3 is 2.25 bits per heavy atom. The minimum Gasteiger partial charge on any atom is -0.369 e. The Kier molecular flexibility index (Phi) is 19.2. The summed E-state index contributed by atoms with van der Waals surface area (Å²) >= 11 is 0. The summed E-state index contributed by atoms with van der Waals surface area (Å²) in [5.41, 5.74) is 5.28. The monoisotopic (exact) mass is 283 g/mol. The number of nitrogens with one attached hydrogen (secondary N) is 1. The number of carbonyl (C=O) groups is 2. The molecule has 20 heavy (non-hydrogen) atoms. The average Bonchev–Trinajstić information content (AvgIpc) is 2.44. The molecule has 0 aliphatic carbocycles. The van der Waals surface area contributed by atoms with E-state index < -0.39 is 5.82 Å². The van der Waals surface area contributed by atoms with Crippen LogP contribution >= 0.6 is 0 Å². The van der Waals surface area contributed by atoms with Crippen LogP contribution in [0.2, 0.25) is 0 Å². The number of halogens is 1. The van der Waals surface area contributed by atoms with E-state index in [4.69, 9.17) is 5.73 Å². The number of pyridine rings is 1. The van der Waals surface area contributed by atoms with Crippen molar-refractivity contribution < 1.29 is 14.0 Å². The minimum atomic E-state index is -0.560. The molecule has 0 atom stereocenters. The molecular weight excluding hydrogens is 261 g/mol. The molecule has 0 aliphatic rings. The van der Waals surface area contributed by atoms with Gasteiger partial charge in [0.2, 0.25) is 5.91 Å². The molecule has 0 saturated carbocycles. The molecule has 0 fully saturated rings. The summed E-state index contributed by atoms with van der Waals surface area (Å²) in [6, 6.07) is 1.27. The van der Waals surface area contributed by atoms with Crippen LogP contribution < -0.4 is 11.1 Å². The van der Waals surface area contributed by atoms with Gasteiger partial charge in [-0.3, -0.25) is 14.6 Å². The van der Waals surface area contributed by atoms with Gasteiger partial charge in [-0.05, 0) is 25.6 Å². The first-order valence-electron chi connectivity index (χ1n) is 5.84. The number of aromatic nitrogens is 1. The zero-order valence-corrected chi connectivity index (χ0v) is 12.3. The van der Waals surface area contributed by atoms with E-state index in [0.29, 0.717) is 11.8 Å². The van der Waals surface area contributed by atoms with Gasteiger partial charge in [-0.25, -0.2) is 4.39 Å². The molecule has 112 valence electrons. The van der Waals surface area contributed by atoms with Crippen LogP contribution in [0.5, 0.6) is 0 Å². The number of carbonyl (C=O) groups excluding carboxylic acids is 2. The van der Waals surface area contributed by atoms with Gasteiger partial charge in [-0.1, -0.05) is 13.8 Å². The predicted molar refractivity (Wildman–Crippen MR) is 78.7 cm³/mol. The molecule has 1 aromatic rings. The second kappa shape index (κ2) is 16.7. The molecule has 0 aliphatic heterocycles. The van der Waals surface area contributed by atoms with Gasteiger partial charge in [0.05, 0.1) is 6.54 Å². The van der Waals surface area contributed by atoms with Crippen LogP contribution in [0.4, 0.5) is 4.39 Å². The normalized spacial score (nSPS) is 7.55. The lowest BCUT2D eigenvalue weighted by atomic mass is 10.3. The first-order valence-corrected chi connectivity index (χ1v) is 5.84. The van der Waals surface area contributed by atoms with E-state index in [1.807, 2.05) is 13.8 Å². The Morgan fingerprint density at radius 2 is 2.00 bits per heavy atom. The minimum absolute atomic E-state index is 0.134. The summed E-state index contributed by atoms with van der Waals surface area (Å²) in [6.45, 7) is 5.98. The fraction of sp³-hybridized carbons (Fsp3) is 0.357. The van der Waals surface area contributed by atoms with Gasteiger partial charge >= 0.3 is 0 Å². The quantitative estimate of drug-likeness (QED) is 0.647. The molecule has 0 spiro atoms. The fourth-order valence-corrected chi connectivity index (χ4v) is 0.805. The molecule has 1 amide bonds. The van der Waals surface area contributed by atoms with Gasteiger partial charge < -0.3 is 11.1 Å². The molecule has 0 aromatic carbocycles. The first kappa shape index (κ1) is 22.9. The zero-order valence-electron chi connectivity index (χ0n) is 12.3. The highest BCUT2D eigenvalue weighted by Crippen LogP contribution is 2.02. The summed E-state index contributed by atoms with van der Waals surface area (Å²) in [5.74, 6) is -0.882. The van der Waals surface area contributed by atoms with Crippen molar-refractivity contribution in [3.8, 4) is 12.8 Å². The Balaban J connectivity index is -0.000000250. The lowest BCUT2D eigenvalue weighted by molar-refractivity contribution is -0.117. The first-order chi connectivity index (χ1) is 9.51. The highest BCUT2D eigenvalue weighted by molar-refractivity contribution is 5.75. The Bertz CT molecular complexity index is 407. The Hall–Kier alpha value is -2.26. The van der Waals surface area contributed by atoms with Crippen molar-refractivity contribution in [2.24, 2.45) is 5.73 Å². The number of primary amides is 1. The second-order valence-electron chi connectivity index (χ2n) is 2.99. The van der Waals surface area contributed by atoms with Crippen LogP contribution in [0.25, 0.3) is 0 Å². The van der Waals surface area contributed by atoms with E-state index in [0.717, 1.165) is 0 Å². The summed E-state index contributed by atoms with van der Waals surface area (Å²) in [7, 11) is 1.67. The third-order valence-electron chi connectivity index (χ3n) is 1.47. The molecule has 6 heteroatoms. The van der Waals surface area contributed by atoms with Crippen LogP contribution in [0, 0.1) is 25.6 Å². The molecule has 3 N–H and O–H groups in total. The maximum absolute atomic E-state index is 12.6. The molecule has 5 nitrogen and oxygen atoms in total. The Morgan fingerprint density at radius 1 is 1.50 bits per heavy atom. The number of aldehydes is 1. The highest BCUT2D eigenvalue weighted by atomic mass is 19.1. The number of hydrogen-bond acceptors (Lipinski definition) is 4. The van der Waals surface area contributed by atoms with E-state index in [1.165, 1.54) is 12.3 Å².